The van der Waals surface area contributed by atoms with Gasteiger partial charge in [0.15, 0.2) is 0 Å². The van der Waals surface area contributed by atoms with Crippen molar-refractivity contribution >= 4 is 19.0 Å². The molecule has 2 aromatic heterocycles. The molecule has 3 aromatic rings. The predicted octanol–water partition coefficient (Wildman–Crippen LogP) is 4.72. The molecule has 0 fully saturated rings. The predicted molar refractivity (Wildman–Crippen MR) is 102 cm³/mol. The second-order valence-corrected chi connectivity index (χ2v) is 13.1. The van der Waals surface area contributed by atoms with Crippen molar-refractivity contribution < 1.29 is 4.74 Å². The van der Waals surface area contributed by atoms with Crippen LogP contribution in [0, 0.1) is 6.92 Å². The monoisotopic (exact) mass is 339 g/mol. The zero-order valence-corrected chi connectivity index (χ0v) is 15.9. The molecule has 0 bridgehead atoms. The Hall–Kier alpha value is -1.98. The van der Waals surface area contributed by atoms with Crippen molar-refractivity contribution in [2.75, 3.05) is 6.61 Å². The molecule has 0 aliphatic carbocycles. The van der Waals surface area contributed by atoms with Crippen LogP contribution in [0.4, 0.5) is 0 Å². The number of ether oxygens (including phenoxy) is 1. The second kappa shape index (κ2) is 6.87. The van der Waals surface area contributed by atoms with Gasteiger partial charge in [0.05, 0.1) is 11.7 Å². The van der Waals surface area contributed by atoms with Gasteiger partial charge >= 0.3 is 0 Å². The van der Waals surface area contributed by atoms with E-state index in [-0.39, 0.29) is 0 Å². The Kier molecular flexibility index (Phi) is 4.82. The molecule has 0 saturated heterocycles. The van der Waals surface area contributed by atoms with E-state index in [4.69, 9.17) is 4.74 Å². The number of aromatic nitrogens is 3. The lowest BCUT2D eigenvalue weighted by Crippen LogP contribution is -2.22. The van der Waals surface area contributed by atoms with Gasteiger partial charge in [-0.1, -0.05) is 37.8 Å². The topological polar surface area (TPSA) is 39.9 Å². The maximum absolute atomic E-state index is 5.78. The highest BCUT2D eigenvalue weighted by Crippen LogP contribution is 2.28. The lowest BCUT2D eigenvalue weighted by atomic mass is 10.0. The van der Waals surface area contributed by atoms with E-state index in [2.05, 4.69) is 54.1 Å². The first-order chi connectivity index (χ1) is 11.4. The zero-order valence-electron chi connectivity index (χ0n) is 14.9. The number of hydrogen-bond acceptors (Lipinski definition) is 3. The van der Waals surface area contributed by atoms with Crippen molar-refractivity contribution in [2.24, 2.45) is 0 Å². The van der Waals surface area contributed by atoms with Crippen LogP contribution in [0.3, 0.4) is 0 Å². The van der Waals surface area contributed by atoms with Crippen molar-refractivity contribution in [3.05, 3.63) is 48.4 Å². The Morgan fingerprint density at radius 1 is 1.17 bits per heavy atom. The maximum atomic E-state index is 5.78. The number of nitrogens with zero attached hydrogens (tertiary/aromatic N) is 3. The number of pyridine rings is 1. The fourth-order valence-corrected chi connectivity index (χ4v) is 3.41. The molecule has 0 saturated carbocycles. The first kappa shape index (κ1) is 16.9. The minimum Gasteiger partial charge on any atom is -0.360 e. The molecule has 0 unspecified atom stereocenters. The van der Waals surface area contributed by atoms with Crippen molar-refractivity contribution in [2.45, 2.75) is 39.3 Å². The van der Waals surface area contributed by atoms with Gasteiger partial charge in [0, 0.05) is 37.5 Å². The minimum absolute atomic E-state index is 0.506. The molecular formula is C19H25N3OSi. The summed E-state index contributed by atoms with van der Waals surface area (Å²) in [6, 6.07) is 11.5. The standard InChI is InChI=1S/C19H25N3OSi/c1-15-11-18(17-7-5-6-8-19(17)21-15)16-12-20-22(13-16)14-23-9-10-24(2,3)4/h5-8,11-13H,9-10,14H2,1-4H3. The van der Waals surface area contributed by atoms with Gasteiger partial charge in [-0.25, -0.2) is 4.68 Å². The highest BCUT2D eigenvalue weighted by Gasteiger charge is 2.12. The lowest BCUT2D eigenvalue weighted by molar-refractivity contribution is 0.0786. The molecule has 126 valence electrons. The van der Waals surface area contributed by atoms with E-state index in [0.29, 0.717) is 6.73 Å². The molecule has 2 heterocycles. The third kappa shape index (κ3) is 4.10. The van der Waals surface area contributed by atoms with Crippen LogP contribution >= 0.6 is 0 Å². The van der Waals surface area contributed by atoms with E-state index in [1.54, 1.807) is 0 Å². The van der Waals surface area contributed by atoms with Crippen LogP contribution in [0.15, 0.2) is 42.7 Å². The van der Waals surface area contributed by atoms with Gasteiger partial charge in [-0.2, -0.15) is 5.10 Å². The van der Waals surface area contributed by atoms with Crippen LogP contribution in [0.5, 0.6) is 0 Å². The molecule has 0 atom stereocenters. The Balaban J connectivity index is 1.76. The number of hydrogen-bond donors (Lipinski definition) is 0. The Morgan fingerprint density at radius 3 is 2.75 bits per heavy atom. The number of rotatable bonds is 6. The minimum atomic E-state index is -1.04. The van der Waals surface area contributed by atoms with E-state index in [1.807, 2.05) is 29.9 Å². The van der Waals surface area contributed by atoms with E-state index in [1.165, 1.54) is 11.6 Å². The molecule has 0 aliphatic rings. The van der Waals surface area contributed by atoms with E-state index >= 15 is 0 Å². The quantitative estimate of drug-likeness (QED) is 0.482. The van der Waals surface area contributed by atoms with Crippen LogP contribution in [-0.2, 0) is 11.5 Å². The number of aryl methyl sites for hydroxylation is 1. The smallest absolute Gasteiger partial charge is 0.139 e. The number of para-hydroxylation sites is 1. The van der Waals surface area contributed by atoms with Gasteiger partial charge in [-0.3, -0.25) is 4.98 Å². The average molecular weight is 340 g/mol. The molecular weight excluding hydrogens is 314 g/mol. The molecule has 4 nitrogen and oxygen atoms in total. The molecule has 3 rings (SSSR count). The Morgan fingerprint density at radius 2 is 1.96 bits per heavy atom. The van der Waals surface area contributed by atoms with Crippen molar-refractivity contribution in [1.82, 2.24) is 14.8 Å². The molecule has 0 radical (unpaired) electrons. The van der Waals surface area contributed by atoms with Crippen molar-refractivity contribution in [3.8, 4) is 11.1 Å². The molecule has 0 spiro atoms. The van der Waals surface area contributed by atoms with Crippen molar-refractivity contribution in [1.29, 1.82) is 0 Å². The summed E-state index contributed by atoms with van der Waals surface area (Å²) in [5, 5.41) is 5.60. The van der Waals surface area contributed by atoms with Gasteiger partial charge in [0.2, 0.25) is 0 Å². The summed E-state index contributed by atoms with van der Waals surface area (Å²) < 4.78 is 7.64. The number of benzene rings is 1. The van der Waals surface area contributed by atoms with E-state index < -0.39 is 8.07 Å². The van der Waals surface area contributed by atoms with Gasteiger partial charge in [-0.05, 0) is 30.7 Å². The molecule has 0 N–H and O–H groups in total. The molecule has 5 heteroatoms. The van der Waals surface area contributed by atoms with Gasteiger partial charge in [0.25, 0.3) is 0 Å². The first-order valence-electron chi connectivity index (χ1n) is 8.39. The zero-order chi connectivity index (χ0) is 17.2. The summed E-state index contributed by atoms with van der Waals surface area (Å²) in [6.45, 7) is 10.4. The van der Waals surface area contributed by atoms with Gasteiger partial charge in [0.1, 0.15) is 6.73 Å². The third-order valence-corrected chi connectivity index (χ3v) is 5.71. The summed E-state index contributed by atoms with van der Waals surface area (Å²) in [5.74, 6) is 0. The lowest BCUT2D eigenvalue weighted by Gasteiger charge is -2.15. The average Bonchev–Trinajstić information content (AvgIpc) is 2.98. The van der Waals surface area contributed by atoms with Gasteiger partial charge < -0.3 is 4.74 Å². The summed E-state index contributed by atoms with van der Waals surface area (Å²) in [4.78, 5) is 4.60. The SMILES string of the molecule is Cc1cc(-c2cnn(COCC[Si](C)(C)C)c2)c2ccccc2n1. The Bertz CT molecular complexity index is 836. The van der Waals surface area contributed by atoms with E-state index in [9.17, 15) is 0 Å². The highest BCUT2D eigenvalue weighted by atomic mass is 28.3. The van der Waals surface area contributed by atoms with Gasteiger partial charge in [-0.15, -0.1) is 0 Å². The fraction of sp³-hybridized carbons (Fsp3) is 0.368. The number of fused-ring (bicyclic) bond motifs is 1. The van der Waals surface area contributed by atoms with Crippen LogP contribution in [-0.4, -0.2) is 29.4 Å². The summed E-state index contributed by atoms with van der Waals surface area (Å²) >= 11 is 0. The van der Waals surface area contributed by atoms with Crippen LogP contribution < -0.4 is 0 Å². The van der Waals surface area contributed by atoms with Crippen LogP contribution in [0.1, 0.15) is 5.69 Å². The second-order valence-electron chi connectivity index (χ2n) is 7.44. The molecule has 0 aliphatic heterocycles. The summed E-state index contributed by atoms with van der Waals surface area (Å²) in [5.41, 5.74) is 4.31. The summed E-state index contributed by atoms with van der Waals surface area (Å²) in [6.07, 6.45) is 3.96. The molecule has 0 amide bonds. The highest BCUT2D eigenvalue weighted by molar-refractivity contribution is 6.76. The first-order valence-corrected chi connectivity index (χ1v) is 12.1. The summed E-state index contributed by atoms with van der Waals surface area (Å²) in [7, 11) is -1.04. The third-order valence-electron chi connectivity index (χ3n) is 4.01. The molecule has 24 heavy (non-hydrogen) atoms. The van der Waals surface area contributed by atoms with Crippen molar-refractivity contribution in [3.63, 3.8) is 0 Å². The Labute approximate surface area is 144 Å². The fourth-order valence-electron chi connectivity index (χ4n) is 2.66. The molecule has 1 aromatic carbocycles. The maximum Gasteiger partial charge on any atom is 0.139 e. The normalized spacial score (nSPS) is 12.0. The largest absolute Gasteiger partial charge is 0.360 e. The van der Waals surface area contributed by atoms with E-state index in [0.717, 1.165) is 28.8 Å². The van der Waals surface area contributed by atoms with Crippen LogP contribution in [0.25, 0.3) is 22.0 Å². The van der Waals surface area contributed by atoms with Crippen LogP contribution in [0.2, 0.25) is 25.7 Å².